The topological polar surface area (TPSA) is 198 Å². The number of carbonyl (C=O) groups is 2. The molecule has 0 aromatic heterocycles. The van der Waals surface area contributed by atoms with E-state index in [9.17, 15) is 40.2 Å². The summed E-state index contributed by atoms with van der Waals surface area (Å²) >= 11 is 3.38. The van der Waals surface area contributed by atoms with Crippen LogP contribution in [0.2, 0.25) is 0 Å². The van der Waals surface area contributed by atoms with E-state index in [1.807, 2.05) is 0 Å². The molecular formula is C41H79BrN2O10. The quantitative estimate of drug-likeness (QED) is 0.0287. The summed E-state index contributed by atoms with van der Waals surface area (Å²) in [7, 11) is 0. The van der Waals surface area contributed by atoms with Gasteiger partial charge in [0.15, 0.2) is 6.29 Å². The van der Waals surface area contributed by atoms with E-state index < -0.39 is 55.6 Å². The molecule has 8 N–H and O–H groups in total. The fraction of sp³-hybridized carbons (Fsp3) is 0.951. The Hall–Kier alpha value is -0.900. The molecule has 0 spiro atoms. The first-order valence-electron chi connectivity index (χ1n) is 21.6. The van der Waals surface area contributed by atoms with Crippen molar-refractivity contribution in [1.82, 2.24) is 10.6 Å². The summed E-state index contributed by atoms with van der Waals surface area (Å²) in [5.74, 6) is -0.149. The Balaban J connectivity index is 2.41. The number of alkyl halides is 1. The van der Waals surface area contributed by atoms with Crippen molar-refractivity contribution in [2.45, 2.75) is 223 Å². The molecule has 3 unspecified atom stereocenters. The van der Waals surface area contributed by atoms with Crippen LogP contribution in [-0.2, 0) is 19.1 Å². The van der Waals surface area contributed by atoms with Crippen molar-refractivity contribution < 1.29 is 49.7 Å². The number of aliphatic hydroxyl groups excluding tert-OH is 6. The summed E-state index contributed by atoms with van der Waals surface area (Å²) in [5.41, 5.74) is 0. The monoisotopic (exact) mass is 838 g/mol. The van der Waals surface area contributed by atoms with Crippen molar-refractivity contribution in [2.24, 2.45) is 0 Å². The lowest BCUT2D eigenvalue weighted by Gasteiger charge is -2.40. The zero-order chi connectivity index (χ0) is 39.8. The van der Waals surface area contributed by atoms with E-state index in [0.717, 1.165) is 102 Å². The molecule has 1 saturated heterocycles. The molecule has 13 heteroatoms. The van der Waals surface area contributed by atoms with Gasteiger partial charge in [0.1, 0.15) is 30.5 Å². The minimum Gasteiger partial charge on any atom is -0.394 e. The number of rotatable bonds is 36. The Morgan fingerprint density at radius 2 is 1.17 bits per heavy atom. The second-order valence-corrected chi connectivity index (χ2v) is 16.2. The van der Waals surface area contributed by atoms with Gasteiger partial charge in [-0.2, -0.15) is 0 Å². The van der Waals surface area contributed by atoms with Crippen LogP contribution < -0.4 is 10.6 Å². The molecule has 1 aliphatic rings. The highest BCUT2D eigenvalue weighted by atomic mass is 79.9. The predicted molar refractivity (Wildman–Crippen MR) is 216 cm³/mol. The van der Waals surface area contributed by atoms with Crippen molar-refractivity contribution in [2.75, 3.05) is 25.1 Å². The van der Waals surface area contributed by atoms with E-state index in [1.165, 1.54) is 51.4 Å². The number of nitrogens with one attached hydrogen (secondary N) is 2. The van der Waals surface area contributed by atoms with Crippen LogP contribution in [0.3, 0.4) is 0 Å². The molecule has 0 aliphatic carbocycles. The summed E-state index contributed by atoms with van der Waals surface area (Å²) < 4.78 is 11.1. The maximum absolute atomic E-state index is 13.0. The van der Waals surface area contributed by atoms with E-state index in [1.54, 1.807) is 0 Å². The van der Waals surface area contributed by atoms with E-state index in [0.29, 0.717) is 19.3 Å². The number of unbranched alkanes of at least 4 members (excludes halogenated alkanes) is 20. The van der Waals surface area contributed by atoms with Gasteiger partial charge < -0.3 is 50.7 Å². The smallest absolute Gasteiger partial charge is 0.220 e. The third-order valence-electron chi connectivity index (χ3n) is 10.5. The Kier molecular flexibility index (Phi) is 32.3. The normalized spacial score (nSPS) is 21.8. The molecular weight excluding hydrogens is 760 g/mol. The van der Waals surface area contributed by atoms with Crippen molar-refractivity contribution in [3.05, 3.63) is 0 Å². The van der Waals surface area contributed by atoms with Crippen LogP contribution in [0, 0.1) is 0 Å². The maximum Gasteiger partial charge on any atom is 0.220 e. The number of hydrogen-bond donors (Lipinski definition) is 8. The van der Waals surface area contributed by atoms with Crippen molar-refractivity contribution in [1.29, 1.82) is 0 Å². The number of hydrogen-bond acceptors (Lipinski definition) is 10. The van der Waals surface area contributed by atoms with Gasteiger partial charge in [0, 0.05) is 24.7 Å². The van der Waals surface area contributed by atoms with Crippen LogP contribution in [0.25, 0.3) is 0 Å². The fourth-order valence-electron chi connectivity index (χ4n) is 6.89. The lowest BCUT2D eigenvalue weighted by atomic mass is 9.98. The first kappa shape index (κ1) is 51.1. The zero-order valence-corrected chi connectivity index (χ0v) is 35.1. The maximum atomic E-state index is 13.0. The molecule has 1 rings (SSSR count). The predicted octanol–water partition coefficient (Wildman–Crippen LogP) is 5.68. The second kappa shape index (κ2) is 34.2. The molecule has 8 atom stereocenters. The van der Waals surface area contributed by atoms with E-state index >= 15 is 0 Å². The molecule has 0 saturated carbocycles. The van der Waals surface area contributed by atoms with Gasteiger partial charge in [-0.05, 0) is 32.1 Å². The van der Waals surface area contributed by atoms with E-state index in [2.05, 4.69) is 33.5 Å². The molecule has 0 radical (unpaired) electrons. The van der Waals surface area contributed by atoms with Crippen LogP contribution in [-0.4, -0.2) is 116 Å². The van der Waals surface area contributed by atoms with Gasteiger partial charge in [0.25, 0.3) is 0 Å². The number of ether oxygens (including phenoxy) is 2. The highest BCUT2D eigenvalue weighted by Gasteiger charge is 2.44. The second-order valence-electron chi connectivity index (χ2n) is 15.4. The fourth-order valence-corrected chi connectivity index (χ4v) is 7.28. The average Bonchev–Trinajstić information content (AvgIpc) is 3.16. The van der Waals surface area contributed by atoms with Crippen LogP contribution in [0.5, 0.6) is 0 Å². The van der Waals surface area contributed by atoms with Gasteiger partial charge >= 0.3 is 0 Å². The van der Waals surface area contributed by atoms with Crippen molar-refractivity contribution in [3.8, 4) is 0 Å². The third kappa shape index (κ3) is 24.7. The summed E-state index contributed by atoms with van der Waals surface area (Å²) in [6.45, 7) is 2.04. The third-order valence-corrected chi connectivity index (χ3v) is 11.0. The SMILES string of the molecule is CCCCCCCCCCCCCCC(O)C(O)C(CO[C@H]1O[C@H](CO)[C@H](O)[C@H](O)[C@H]1O)NC(=O)CCCCCCCCCCCNC(=O)CCCCBr. The lowest BCUT2D eigenvalue weighted by molar-refractivity contribution is -0.303. The molecule has 0 aromatic rings. The Morgan fingerprint density at radius 1 is 0.667 bits per heavy atom. The number of halogens is 1. The standard InChI is InChI=1S/C41H79BrN2O10/c1-2-3-4-5-6-7-8-9-11-14-17-20-25-33(46)37(49)32(31-53-41-40(52)39(51)38(50)34(30-45)54-41)44-36(48)27-21-18-15-12-10-13-16-19-24-29-43-35(47)26-22-23-28-42/h32-34,37-41,45-46,49-52H,2-31H2,1H3,(H,43,47)(H,44,48)/t32?,33?,34-,37?,38+,39+,40-,41+/m1/s1. The van der Waals surface area contributed by atoms with E-state index in [-0.39, 0.29) is 24.8 Å². The average molecular weight is 840 g/mol. The van der Waals surface area contributed by atoms with Crippen LogP contribution in [0.15, 0.2) is 0 Å². The molecule has 0 aromatic carbocycles. The molecule has 54 heavy (non-hydrogen) atoms. The zero-order valence-electron chi connectivity index (χ0n) is 33.5. The van der Waals surface area contributed by atoms with Gasteiger partial charge in [-0.3, -0.25) is 9.59 Å². The highest BCUT2D eigenvalue weighted by molar-refractivity contribution is 9.09. The van der Waals surface area contributed by atoms with Gasteiger partial charge in [0.05, 0.1) is 25.4 Å². The van der Waals surface area contributed by atoms with E-state index in [4.69, 9.17) is 9.47 Å². The van der Waals surface area contributed by atoms with Crippen molar-refractivity contribution in [3.63, 3.8) is 0 Å². The lowest BCUT2D eigenvalue weighted by Crippen LogP contribution is -2.60. The van der Waals surface area contributed by atoms with Gasteiger partial charge in [-0.25, -0.2) is 0 Å². The van der Waals surface area contributed by atoms with Crippen LogP contribution in [0.1, 0.15) is 174 Å². The van der Waals surface area contributed by atoms with Crippen LogP contribution in [0.4, 0.5) is 0 Å². The van der Waals surface area contributed by atoms with Crippen molar-refractivity contribution >= 4 is 27.7 Å². The summed E-state index contributed by atoms with van der Waals surface area (Å²) in [5, 5.41) is 68.9. The number of aliphatic hydroxyl groups is 6. The summed E-state index contributed by atoms with van der Waals surface area (Å²) in [4.78, 5) is 24.7. The number of amides is 2. The largest absolute Gasteiger partial charge is 0.394 e. The molecule has 320 valence electrons. The Labute approximate surface area is 335 Å². The first-order chi connectivity index (χ1) is 26.2. The van der Waals surface area contributed by atoms with Gasteiger partial charge in [0.2, 0.25) is 11.8 Å². The van der Waals surface area contributed by atoms with Gasteiger partial charge in [-0.1, -0.05) is 145 Å². The van der Waals surface area contributed by atoms with Gasteiger partial charge in [-0.15, -0.1) is 0 Å². The summed E-state index contributed by atoms with van der Waals surface area (Å²) in [6.07, 6.45) is 16.8. The Bertz CT molecular complexity index is 904. The molecule has 1 fully saturated rings. The minimum atomic E-state index is -1.62. The highest BCUT2D eigenvalue weighted by Crippen LogP contribution is 2.23. The number of carbonyl (C=O) groups excluding carboxylic acids is 2. The summed E-state index contributed by atoms with van der Waals surface area (Å²) in [6, 6.07) is -1.01. The molecule has 12 nitrogen and oxygen atoms in total. The molecule has 1 aliphatic heterocycles. The van der Waals surface area contributed by atoms with Crippen LogP contribution >= 0.6 is 15.9 Å². The molecule has 1 heterocycles. The molecule has 0 bridgehead atoms. The Morgan fingerprint density at radius 3 is 1.72 bits per heavy atom. The minimum absolute atomic E-state index is 0.139. The molecule has 2 amide bonds. The first-order valence-corrected chi connectivity index (χ1v) is 22.7.